The van der Waals surface area contributed by atoms with Crippen molar-refractivity contribution >= 4 is 32.0 Å². The lowest BCUT2D eigenvalue weighted by Gasteiger charge is -2.09. The van der Waals surface area contributed by atoms with E-state index >= 15 is 0 Å². The Morgan fingerprint density at radius 3 is 2.83 bits per heavy atom. The summed E-state index contributed by atoms with van der Waals surface area (Å²) in [6, 6.07) is 8.70. The number of hydrogen-bond acceptors (Lipinski definition) is 0. The summed E-state index contributed by atoms with van der Waals surface area (Å²) in [6.07, 6.45) is 1.20. The van der Waals surface area contributed by atoms with Crippen LogP contribution in [0.2, 0.25) is 0 Å². The fourth-order valence-electron chi connectivity index (χ4n) is 1.22. The maximum atomic E-state index is 5.89. The van der Waals surface area contributed by atoms with E-state index in [2.05, 4.69) is 38.1 Å². The molecule has 1 aromatic rings. The average Bonchev–Trinajstić information content (AvgIpc) is 2.17. The van der Waals surface area contributed by atoms with Gasteiger partial charge in [0.15, 0.2) is 0 Å². The molecule has 1 atom stereocenters. The summed E-state index contributed by atoms with van der Waals surface area (Å²) in [5, 5.41) is 0. The highest BCUT2D eigenvalue weighted by Crippen LogP contribution is 2.16. The summed E-state index contributed by atoms with van der Waals surface area (Å²) in [5.41, 5.74) is 1.43. The Bertz CT molecular complexity index is 247. The van der Waals surface area contributed by atoms with Crippen LogP contribution in [-0.4, -0.2) is 19.3 Å². The lowest BCUT2D eigenvalue weighted by molar-refractivity contribution is 0.734. The van der Waals surface area contributed by atoms with Crippen molar-refractivity contribution in [3.63, 3.8) is 0 Å². The lowest BCUT2D eigenvalue weighted by atomic mass is 9.99. The molecular weight excluding hydrogens is 180 g/mol. The fraction of sp³-hybridized carbons (Fsp3) is 0.400. The first-order valence-corrected chi connectivity index (χ1v) is 7.27. The van der Waals surface area contributed by atoms with Crippen LogP contribution in [0.1, 0.15) is 31.7 Å². The molecule has 0 radical (unpaired) electrons. The molecular formula is C10H13ClMg. The monoisotopic (exact) mass is 192 g/mol. The third kappa shape index (κ3) is 2.65. The van der Waals surface area contributed by atoms with Gasteiger partial charge in [-0.05, 0) is 17.9 Å². The Balaban J connectivity index is 2.86. The summed E-state index contributed by atoms with van der Waals surface area (Å²) in [4.78, 5) is 0. The maximum Gasteiger partial charge on any atom is 0.538 e. The second-order valence-electron chi connectivity index (χ2n) is 3.19. The van der Waals surface area contributed by atoms with E-state index in [1.807, 2.05) is 0 Å². The van der Waals surface area contributed by atoms with Crippen molar-refractivity contribution in [1.29, 1.82) is 0 Å². The second kappa shape index (κ2) is 5.10. The van der Waals surface area contributed by atoms with E-state index < -0.39 is 19.3 Å². The average molecular weight is 193 g/mol. The van der Waals surface area contributed by atoms with Gasteiger partial charge in [0.2, 0.25) is 0 Å². The van der Waals surface area contributed by atoms with Crippen molar-refractivity contribution < 1.29 is 0 Å². The minimum absolute atomic E-state index is 0.498. The van der Waals surface area contributed by atoms with Crippen molar-refractivity contribution in [3.05, 3.63) is 29.8 Å². The largest absolute Gasteiger partial charge is 0.538 e. The Morgan fingerprint density at radius 1 is 1.50 bits per heavy atom. The standard InChI is InChI=1S/C10H13.ClH.Mg/c1-3-9(2)10-7-5-4-6-8-10;;/h4-5,7-9H,3H2,1-2H3;1H;/q;;+1/p-1. The Hall–Kier alpha value is 0.276. The van der Waals surface area contributed by atoms with Gasteiger partial charge in [-0.15, -0.1) is 3.69 Å². The van der Waals surface area contributed by atoms with Crippen LogP contribution in [0.3, 0.4) is 0 Å². The predicted molar refractivity (Wildman–Crippen MR) is 56.4 cm³/mol. The summed E-state index contributed by atoms with van der Waals surface area (Å²) < 4.78 is 1.36. The van der Waals surface area contributed by atoms with Crippen LogP contribution in [-0.2, 0) is 0 Å². The van der Waals surface area contributed by atoms with Crippen molar-refractivity contribution in [3.8, 4) is 0 Å². The van der Waals surface area contributed by atoms with E-state index in [1.54, 1.807) is 0 Å². The predicted octanol–water partition coefficient (Wildman–Crippen LogP) is 2.68. The summed E-state index contributed by atoms with van der Waals surface area (Å²) in [5.74, 6) is 0.669. The molecule has 0 aliphatic rings. The van der Waals surface area contributed by atoms with E-state index in [0.29, 0.717) is 5.92 Å². The summed E-state index contributed by atoms with van der Waals surface area (Å²) in [6.45, 7) is 4.48. The smallest absolute Gasteiger partial charge is 0.336 e. The first-order chi connectivity index (χ1) is 5.77. The minimum Gasteiger partial charge on any atom is -0.336 e. The summed E-state index contributed by atoms with van der Waals surface area (Å²) >= 11 is -0.498. The van der Waals surface area contributed by atoms with Crippen molar-refractivity contribution in [2.45, 2.75) is 26.2 Å². The molecule has 0 aliphatic heterocycles. The Morgan fingerprint density at radius 2 is 2.25 bits per heavy atom. The van der Waals surface area contributed by atoms with E-state index in [1.165, 1.54) is 15.7 Å². The second-order valence-corrected chi connectivity index (χ2v) is 5.07. The van der Waals surface area contributed by atoms with Crippen LogP contribution in [0, 0.1) is 0 Å². The molecule has 1 unspecified atom stereocenters. The maximum absolute atomic E-state index is 5.89. The number of rotatable bonds is 3. The third-order valence-corrected chi connectivity index (χ3v) is 3.96. The van der Waals surface area contributed by atoms with E-state index in [9.17, 15) is 0 Å². The molecule has 0 saturated carbocycles. The van der Waals surface area contributed by atoms with E-state index in [4.69, 9.17) is 9.07 Å². The van der Waals surface area contributed by atoms with Crippen LogP contribution in [0.15, 0.2) is 24.3 Å². The highest BCUT2D eigenvalue weighted by Gasteiger charge is 2.03. The molecule has 0 bridgehead atoms. The Kier molecular flexibility index (Phi) is 4.40. The van der Waals surface area contributed by atoms with Gasteiger partial charge in [0.1, 0.15) is 0 Å². The van der Waals surface area contributed by atoms with Crippen molar-refractivity contribution in [2.24, 2.45) is 0 Å². The molecule has 12 heavy (non-hydrogen) atoms. The molecule has 0 N–H and O–H groups in total. The molecule has 1 aromatic carbocycles. The zero-order valence-corrected chi connectivity index (χ0v) is 9.85. The van der Waals surface area contributed by atoms with Gasteiger partial charge >= 0.3 is 19.3 Å². The molecule has 0 spiro atoms. The van der Waals surface area contributed by atoms with Gasteiger partial charge in [-0.25, -0.2) is 0 Å². The van der Waals surface area contributed by atoms with Gasteiger partial charge in [0.25, 0.3) is 0 Å². The van der Waals surface area contributed by atoms with Gasteiger partial charge in [0.05, 0.1) is 0 Å². The first-order valence-electron chi connectivity index (χ1n) is 4.42. The van der Waals surface area contributed by atoms with E-state index in [-0.39, 0.29) is 0 Å². The third-order valence-electron chi connectivity index (χ3n) is 2.29. The highest BCUT2D eigenvalue weighted by molar-refractivity contribution is 7.01. The zero-order valence-electron chi connectivity index (χ0n) is 7.68. The van der Waals surface area contributed by atoms with Crippen LogP contribution in [0.25, 0.3) is 0 Å². The molecule has 1 rings (SSSR count). The quantitative estimate of drug-likeness (QED) is 0.647. The Labute approximate surface area is 87.8 Å². The molecule has 0 amide bonds. The van der Waals surface area contributed by atoms with Gasteiger partial charge in [-0.3, -0.25) is 0 Å². The molecule has 0 aliphatic carbocycles. The van der Waals surface area contributed by atoms with Gasteiger partial charge < -0.3 is 9.07 Å². The van der Waals surface area contributed by atoms with Gasteiger partial charge in [-0.2, -0.15) is 0 Å². The first kappa shape index (κ1) is 10.4. The molecule has 0 aromatic heterocycles. The highest BCUT2D eigenvalue weighted by atomic mass is 35.5. The number of hydrogen-bond donors (Lipinski definition) is 0. The number of benzene rings is 1. The zero-order chi connectivity index (χ0) is 8.97. The van der Waals surface area contributed by atoms with Crippen molar-refractivity contribution in [1.82, 2.24) is 0 Å². The molecule has 2 heteroatoms. The van der Waals surface area contributed by atoms with Gasteiger partial charge in [-0.1, -0.05) is 38.1 Å². The molecule has 0 nitrogen and oxygen atoms in total. The van der Waals surface area contributed by atoms with Crippen LogP contribution < -0.4 is 3.69 Å². The fourth-order valence-corrected chi connectivity index (χ4v) is 2.26. The van der Waals surface area contributed by atoms with Crippen LogP contribution >= 0.6 is 9.07 Å². The molecule has 62 valence electrons. The lowest BCUT2D eigenvalue weighted by Crippen LogP contribution is -2.09. The topological polar surface area (TPSA) is 0 Å². The molecule has 0 saturated heterocycles. The van der Waals surface area contributed by atoms with Crippen LogP contribution in [0.5, 0.6) is 0 Å². The minimum atomic E-state index is -0.498. The van der Waals surface area contributed by atoms with Gasteiger partial charge in [0, 0.05) is 0 Å². The summed E-state index contributed by atoms with van der Waals surface area (Å²) in [7, 11) is 5.89. The SMILES string of the molecule is CCC(C)c1ccc[c]([Mg][Cl])c1. The molecule has 0 heterocycles. The van der Waals surface area contributed by atoms with E-state index in [0.717, 1.165) is 0 Å². The molecule has 0 fully saturated rings. The number of halogens is 1. The van der Waals surface area contributed by atoms with Crippen LogP contribution in [0.4, 0.5) is 0 Å². The normalized spacial score (nSPS) is 12.2. The van der Waals surface area contributed by atoms with Crippen molar-refractivity contribution in [2.75, 3.05) is 0 Å².